The van der Waals surface area contributed by atoms with Crippen LogP contribution in [0.25, 0.3) is 0 Å². The molecular weight excluding hydrogens is 370 g/mol. The fourth-order valence-electron chi connectivity index (χ4n) is 3.68. The van der Waals surface area contributed by atoms with Gasteiger partial charge >= 0.3 is 0 Å². The maximum atomic E-state index is 13.2. The van der Waals surface area contributed by atoms with Gasteiger partial charge in [0.1, 0.15) is 0 Å². The van der Waals surface area contributed by atoms with Gasteiger partial charge in [-0.1, -0.05) is 60.7 Å². The molecule has 2 nitrogen and oxygen atoms in total. The number of benzene rings is 2. The molecule has 0 spiro atoms. The Balaban J connectivity index is 1.68. The summed E-state index contributed by atoms with van der Waals surface area (Å²) in [6.45, 7) is 5.26. The first-order valence-corrected chi connectivity index (χ1v) is 11.9. The van der Waals surface area contributed by atoms with Gasteiger partial charge in [-0.25, -0.2) is 0 Å². The van der Waals surface area contributed by atoms with Crippen LogP contribution in [0.2, 0.25) is 0 Å². The van der Waals surface area contributed by atoms with Crippen molar-refractivity contribution in [3.63, 3.8) is 0 Å². The van der Waals surface area contributed by atoms with Crippen LogP contribution in [0.15, 0.2) is 60.7 Å². The van der Waals surface area contributed by atoms with Gasteiger partial charge in [-0.15, -0.1) is 0 Å². The zero-order chi connectivity index (χ0) is 19.3. The Hall–Kier alpha value is -1.39. The van der Waals surface area contributed by atoms with Crippen LogP contribution in [-0.4, -0.2) is 33.6 Å². The number of carbonyl (C=O) groups is 1. The van der Waals surface area contributed by atoms with Gasteiger partial charge in [-0.3, -0.25) is 4.79 Å². The highest BCUT2D eigenvalue weighted by atomic mass is 32.2. The minimum absolute atomic E-state index is 0.0588. The second-order valence-electron chi connectivity index (χ2n) is 7.71. The van der Waals surface area contributed by atoms with E-state index < -0.39 is 0 Å². The van der Waals surface area contributed by atoms with Crippen LogP contribution >= 0.6 is 23.5 Å². The summed E-state index contributed by atoms with van der Waals surface area (Å²) in [6, 6.07) is 21.2. The Labute approximate surface area is 172 Å². The fourth-order valence-corrected chi connectivity index (χ4v) is 5.29. The molecule has 1 saturated heterocycles. The molecule has 0 aliphatic carbocycles. The summed E-state index contributed by atoms with van der Waals surface area (Å²) in [5.74, 6) is 2.32. The Morgan fingerprint density at radius 3 is 2.19 bits per heavy atom. The molecule has 0 bridgehead atoms. The zero-order valence-corrected chi connectivity index (χ0v) is 18.1. The fraction of sp³-hybridized carbons (Fsp3) is 0.435. The first kappa shape index (κ1) is 20.3. The van der Waals surface area contributed by atoms with E-state index in [1.165, 1.54) is 11.1 Å². The predicted octanol–water partition coefficient (Wildman–Crippen LogP) is 5.48. The van der Waals surface area contributed by atoms with Crippen molar-refractivity contribution in [2.75, 3.05) is 12.0 Å². The summed E-state index contributed by atoms with van der Waals surface area (Å²) in [5, 5.41) is 0. The van der Waals surface area contributed by atoms with Gasteiger partial charge in [0.05, 0.1) is 0 Å². The number of thioether (sulfide) groups is 2. The molecule has 1 heterocycles. The second kappa shape index (κ2) is 9.20. The van der Waals surface area contributed by atoms with E-state index in [2.05, 4.69) is 73.5 Å². The molecule has 4 heteroatoms. The molecule has 1 aliphatic heterocycles. The summed E-state index contributed by atoms with van der Waals surface area (Å²) in [6.07, 6.45) is 3.12. The van der Waals surface area contributed by atoms with Crippen molar-refractivity contribution in [1.82, 2.24) is 4.90 Å². The number of hydrogen-bond acceptors (Lipinski definition) is 3. The summed E-state index contributed by atoms with van der Waals surface area (Å²) in [5.41, 5.74) is 2.54. The van der Waals surface area contributed by atoms with E-state index in [1.54, 1.807) is 0 Å². The molecule has 0 saturated carbocycles. The lowest BCUT2D eigenvalue weighted by molar-refractivity contribution is -0.132. The zero-order valence-electron chi connectivity index (χ0n) is 16.4. The molecule has 1 aliphatic rings. The van der Waals surface area contributed by atoms with Crippen LogP contribution in [-0.2, 0) is 17.1 Å². The Morgan fingerprint density at radius 2 is 1.59 bits per heavy atom. The molecule has 2 aromatic carbocycles. The van der Waals surface area contributed by atoms with Crippen molar-refractivity contribution < 1.29 is 4.79 Å². The second-order valence-corrected chi connectivity index (χ2v) is 10.2. The highest BCUT2D eigenvalue weighted by Crippen LogP contribution is 2.40. The summed E-state index contributed by atoms with van der Waals surface area (Å²) in [4.78, 5) is 15.4. The van der Waals surface area contributed by atoms with Crippen LogP contribution in [0.5, 0.6) is 0 Å². The molecule has 2 aromatic rings. The van der Waals surface area contributed by atoms with Crippen molar-refractivity contribution in [3.05, 3.63) is 71.8 Å². The lowest BCUT2D eigenvalue weighted by atomic mass is 9.97. The van der Waals surface area contributed by atoms with Gasteiger partial charge in [0, 0.05) is 34.8 Å². The van der Waals surface area contributed by atoms with E-state index in [-0.39, 0.29) is 16.7 Å². The third kappa shape index (κ3) is 5.11. The van der Waals surface area contributed by atoms with Crippen LogP contribution in [0.3, 0.4) is 0 Å². The van der Waals surface area contributed by atoms with Crippen molar-refractivity contribution in [1.29, 1.82) is 0 Å². The van der Waals surface area contributed by atoms with Crippen molar-refractivity contribution >= 4 is 29.4 Å². The van der Waals surface area contributed by atoms with Crippen molar-refractivity contribution in [2.45, 2.75) is 43.4 Å². The first-order chi connectivity index (χ1) is 13.0. The largest absolute Gasteiger partial charge is 0.334 e. The van der Waals surface area contributed by atoms with Crippen molar-refractivity contribution in [2.24, 2.45) is 5.92 Å². The van der Waals surface area contributed by atoms with Crippen LogP contribution in [0.1, 0.15) is 31.4 Å². The van der Waals surface area contributed by atoms with Crippen LogP contribution in [0.4, 0.5) is 0 Å². The number of nitrogens with zero attached hydrogens (tertiary/aromatic N) is 1. The van der Waals surface area contributed by atoms with Gasteiger partial charge in [0.25, 0.3) is 0 Å². The SMILES string of the molecule is CSC(C)(C)C1CC(CSCc2ccccc2)C(=O)N1Cc1ccccc1. The molecule has 0 aromatic heterocycles. The smallest absolute Gasteiger partial charge is 0.227 e. The molecule has 144 valence electrons. The van der Waals surface area contributed by atoms with Crippen LogP contribution in [0, 0.1) is 5.92 Å². The minimum Gasteiger partial charge on any atom is -0.334 e. The number of carbonyl (C=O) groups excluding carboxylic acids is 1. The normalized spacial score (nSPS) is 20.3. The third-order valence-corrected chi connectivity index (χ3v) is 7.97. The number of amides is 1. The van der Waals surface area contributed by atoms with Crippen molar-refractivity contribution in [3.8, 4) is 0 Å². The highest BCUT2D eigenvalue weighted by Gasteiger charge is 2.45. The van der Waals surface area contributed by atoms with E-state index in [0.29, 0.717) is 12.5 Å². The topological polar surface area (TPSA) is 20.3 Å². The van der Waals surface area contributed by atoms with E-state index in [9.17, 15) is 4.79 Å². The number of hydrogen-bond donors (Lipinski definition) is 0. The van der Waals surface area contributed by atoms with Gasteiger partial charge < -0.3 is 4.90 Å². The molecule has 1 amide bonds. The molecule has 27 heavy (non-hydrogen) atoms. The lowest BCUT2D eigenvalue weighted by Gasteiger charge is -2.36. The molecule has 2 unspecified atom stereocenters. The minimum atomic E-state index is 0.0588. The Morgan fingerprint density at radius 1 is 1.00 bits per heavy atom. The molecule has 1 fully saturated rings. The summed E-state index contributed by atoms with van der Waals surface area (Å²) >= 11 is 3.74. The van der Waals surface area contributed by atoms with E-state index in [4.69, 9.17) is 0 Å². The lowest BCUT2D eigenvalue weighted by Crippen LogP contribution is -2.44. The monoisotopic (exact) mass is 399 g/mol. The molecule has 2 atom stereocenters. The Bertz CT molecular complexity index is 733. The Kier molecular flexibility index (Phi) is 6.93. The summed E-state index contributed by atoms with van der Waals surface area (Å²) in [7, 11) is 0. The van der Waals surface area contributed by atoms with Gasteiger partial charge in [0.2, 0.25) is 5.91 Å². The quantitative estimate of drug-likeness (QED) is 0.586. The standard InChI is InChI=1S/C23H29NOS2/c1-23(2,26-3)21-14-20(17-27-16-19-12-8-5-9-13-19)22(25)24(21)15-18-10-6-4-7-11-18/h4-13,20-21H,14-17H2,1-3H3. The maximum Gasteiger partial charge on any atom is 0.227 e. The van der Waals surface area contributed by atoms with Gasteiger partial charge in [-0.2, -0.15) is 23.5 Å². The molecule has 0 radical (unpaired) electrons. The van der Waals surface area contributed by atoms with Gasteiger partial charge in [-0.05, 0) is 37.7 Å². The number of likely N-dealkylation sites (tertiary alicyclic amines) is 1. The average molecular weight is 400 g/mol. The average Bonchev–Trinajstić information content (AvgIpc) is 3.00. The summed E-state index contributed by atoms with van der Waals surface area (Å²) < 4.78 is 0.0588. The van der Waals surface area contributed by atoms with E-state index >= 15 is 0 Å². The highest BCUT2D eigenvalue weighted by molar-refractivity contribution is 8.00. The molecular formula is C23H29NOS2. The van der Waals surface area contributed by atoms with E-state index in [1.807, 2.05) is 35.7 Å². The van der Waals surface area contributed by atoms with Gasteiger partial charge in [0.15, 0.2) is 0 Å². The maximum absolute atomic E-state index is 13.2. The molecule has 0 N–H and O–H groups in total. The number of rotatable bonds is 8. The van der Waals surface area contributed by atoms with Crippen LogP contribution < -0.4 is 0 Å². The van der Waals surface area contributed by atoms with E-state index in [0.717, 1.165) is 17.9 Å². The predicted molar refractivity (Wildman–Crippen MR) is 119 cm³/mol. The third-order valence-electron chi connectivity index (χ3n) is 5.47. The molecule has 3 rings (SSSR count). The first-order valence-electron chi connectivity index (χ1n) is 9.52.